The Balaban J connectivity index is 2.17. The summed E-state index contributed by atoms with van der Waals surface area (Å²) in [5.41, 5.74) is 0.240. The molecule has 0 aliphatic heterocycles. The Morgan fingerprint density at radius 2 is 2.06 bits per heavy atom. The molecule has 0 saturated carbocycles. The van der Waals surface area contributed by atoms with E-state index in [0.29, 0.717) is 5.76 Å². The number of hydrogen-bond acceptors (Lipinski definition) is 6. The van der Waals surface area contributed by atoms with Crippen molar-refractivity contribution in [3.63, 3.8) is 0 Å². The van der Waals surface area contributed by atoms with Gasteiger partial charge in [-0.15, -0.1) is 0 Å². The molecule has 82 valence electrons. The van der Waals surface area contributed by atoms with Crippen LogP contribution in [0.3, 0.4) is 0 Å². The molecule has 0 atom stereocenters. The summed E-state index contributed by atoms with van der Waals surface area (Å²) in [5.74, 6) is 0.653. The molecule has 6 nitrogen and oxygen atoms in total. The van der Waals surface area contributed by atoms with Crippen LogP contribution in [-0.4, -0.2) is 17.1 Å². The highest BCUT2D eigenvalue weighted by atomic mass is 16.7. The van der Waals surface area contributed by atoms with Gasteiger partial charge in [0.15, 0.2) is 11.5 Å². The van der Waals surface area contributed by atoms with Gasteiger partial charge in [0.1, 0.15) is 0 Å². The quantitative estimate of drug-likeness (QED) is 0.486. The second-order valence-corrected chi connectivity index (χ2v) is 2.72. The van der Waals surface area contributed by atoms with Crippen molar-refractivity contribution in [2.24, 2.45) is 10.3 Å². The van der Waals surface area contributed by atoms with E-state index < -0.39 is 0 Å². The first-order chi connectivity index (χ1) is 7.90. The third-order valence-corrected chi connectivity index (χ3v) is 1.68. The van der Waals surface area contributed by atoms with E-state index in [1.54, 1.807) is 24.3 Å². The molecule has 1 N–H and O–H groups in total. The summed E-state index contributed by atoms with van der Waals surface area (Å²) in [6.45, 7) is 0. The predicted molar refractivity (Wildman–Crippen MR) is 54.9 cm³/mol. The van der Waals surface area contributed by atoms with Crippen LogP contribution in [0.25, 0.3) is 0 Å². The molecule has 0 aromatic carbocycles. The Labute approximate surface area is 90.4 Å². The van der Waals surface area contributed by atoms with E-state index in [9.17, 15) is 0 Å². The van der Waals surface area contributed by atoms with Gasteiger partial charge in [-0.3, -0.25) is 0 Å². The van der Waals surface area contributed by atoms with Crippen LogP contribution in [0, 0.1) is 0 Å². The minimum atomic E-state index is 0.232. The lowest BCUT2D eigenvalue weighted by atomic mass is 10.3. The zero-order valence-electron chi connectivity index (χ0n) is 8.11. The smallest absolute Gasteiger partial charge is 0.314 e. The van der Waals surface area contributed by atoms with Crippen LogP contribution >= 0.6 is 0 Å². The maximum Gasteiger partial charge on any atom is 0.314 e. The average molecular weight is 220 g/mol. The lowest BCUT2D eigenvalue weighted by Crippen LogP contribution is -2.03. The van der Waals surface area contributed by atoms with Crippen molar-refractivity contribution < 1.29 is 18.9 Å². The van der Waals surface area contributed by atoms with Crippen molar-refractivity contribution in [2.45, 2.75) is 0 Å². The molecule has 0 unspecified atom stereocenters. The van der Waals surface area contributed by atoms with Gasteiger partial charge in [0.2, 0.25) is 0 Å². The minimum Gasteiger partial charge on any atom is -0.463 e. The first-order valence-corrected chi connectivity index (χ1v) is 4.40. The molecule has 2 aromatic rings. The summed E-state index contributed by atoms with van der Waals surface area (Å²) in [6, 6.07) is 6.60. The van der Waals surface area contributed by atoms with Gasteiger partial charge in [-0.1, -0.05) is 10.3 Å². The Kier molecular flexibility index (Phi) is 3.03. The molecule has 16 heavy (non-hydrogen) atoms. The zero-order chi connectivity index (χ0) is 11.2. The van der Waals surface area contributed by atoms with Crippen LogP contribution in [0.15, 0.2) is 55.9 Å². The fraction of sp³-hybridized carbons (Fsp3) is 0. The highest BCUT2D eigenvalue weighted by Crippen LogP contribution is 2.11. The molecule has 6 heteroatoms. The van der Waals surface area contributed by atoms with Gasteiger partial charge in [0.25, 0.3) is 0 Å². The number of nitrogens with zero attached hydrogens (tertiary/aromatic N) is 2. The maximum absolute atomic E-state index is 8.46. The van der Waals surface area contributed by atoms with Crippen molar-refractivity contribution in [3.8, 4) is 5.95 Å². The zero-order valence-corrected chi connectivity index (χ0v) is 8.11. The van der Waals surface area contributed by atoms with Crippen molar-refractivity contribution >= 4 is 11.9 Å². The highest BCUT2D eigenvalue weighted by Gasteiger charge is 2.05. The molecule has 0 aliphatic rings. The molecular formula is C10H8N2O4. The molecular weight excluding hydrogens is 212 g/mol. The Hall–Kier alpha value is -2.50. The van der Waals surface area contributed by atoms with Gasteiger partial charge in [-0.2, -0.15) is 0 Å². The van der Waals surface area contributed by atoms with Crippen LogP contribution in [-0.2, 0) is 0 Å². The van der Waals surface area contributed by atoms with E-state index in [1.807, 2.05) is 0 Å². The standard InChI is InChI=1S/C10H8N2O4/c13-11-7-8(9-3-1-5-14-9)12-16-10-4-2-6-15-10/h1-7,13H. The molecule has 0 fully saturated rings. The van der Waals surface area contributed by atoms with Gasteiger partial charge in [-0.05, 0) is 18.2 Å². The molecule has 0 radical (unpaired) electrons. The van der Waals surface area contributed by atoms with Crippen LogP contribution < -0.4 is 4.84 Å². The summed E-state index contributed by atoms with van der Waals surface area (Å²) in [6.07, 6.45) is 4.03. The number of rotatable bonds is 4. The lowest BCUT2D eigenvalue weighted by molar-refractivity contribution is 0.256. The largest absolute Gasteiger partial charge is 0.463 e. The second-order valence-electron chi connectivity index (χ2n) is 2.72. The van der Waals surface area contributed by atoms with Gasteiger partial charge < -0.3 is 18.9 Å². The first-order valence-electron chi connectivity index (χ1n) is 4.40. The second kappa shape index (κ2) is 4.83. The van der Waals surface area contributed by atoms with Crippen LogP contribution in [0.2, 0.25) is 0 Å². The highest BCUT2D eigenvalue weighted by molar-refractivity contribution is 6.36. The van der Waals surface area contributed by atoms with Gasteiger partial charge in [0, 0.05) is 6.07 Å². The predicted octanol–water partition coefficient (Wildman–Crippen LogP) is 2.12. The maximum atomic E-state index is 8.46. The topological polar surface area (TPSA) is 80.5 Å². The summed E-state index contributed by atoms with van der Waals surface area (Å²) in [4.78, 5) is 4.94. The van der Waals surface area contributed by atoms with E-state index in [0.717, 1.165) is 6.21 Å². The van der Waals surface area contributed by atoms with Gasteiger partial charge >= 0.3 is 5.95 Å². The third-order valence-electron chi connectivity index (χ3n) is 1.68. The average Bonchev–Trinajstić information content (AvgIpc) is 2.96. The molecule has 2 aromatic heterocycles. The monoisotopic (exact) mass is 220 g/mol. The number of oxime groups is 2. The summed E-state index contributed by atoms with van der Waals surface area (Å²) < 4.78 is 9.99. The normalized spacial score (nSPS) is 12.1. The third kappa shape index (κ3) is 2.30. The molecule has 0 aliphatic carbocycles. The van der Waals surface area contributed by atoms with Gasteiger partial charge in [0.05, 0.1) is 18.7 Å². The molecule has 0 spiro atoms. The SMILES string of the molecule is ON=CC(=NOc1ccco1)c1ccco1. The molecule has 0 amide bonds. The van der Waals surface area contributed by atoms with E-state index in [4.69, 9.17) is 18.9 Å². The number of furan rings is 2. The van der Waals surface area contributed by atoms with Crippen molar-refractivity contribution in [1.82, 2.24) is 0 Å². The van der Waals surface area contributed by atoms with Crippen molar-refractivity contribution in [1.29, 1.82) is 0 Å². The van der Waals surface area contributed by atoms with E-state index in [2.05, 4.69) is 10.3 Å². The number of hydrogen-bond donors (Lipinski definition) is 1. The Morgan fingerprint density at radius 3 is 2.69 bits per heavy atom. The molecule has 0 saturated heterocycles. The Bertz CT molecular complexity index is 471. The van der Waals surface area contributed by atoms with Crippen molar-refractivity contribution in [3.05, 3.63) is 42.6 Å². The van der Waals surface area contributed by atoms with Crippen LogP contribution in [0.5, 0.6) is 5.95 Å². The lowest BCUT2D eigenvalue weighted by Gasteiger charge is -1.95. The summed E-state index contributed by atoms with van der Waals surface area (Å²) in [7, 11) is 0. The van der Waals surface area contributed by atoms with Crippen LogP contribution in [0.1, 0.15) is 5.76 Å². The molecule has 2 rings (SSSR count). The van der Waals surface area contributed by atoms with Crippen LogP contribution in [0.4, 0.5) is 0 Å². The summed E-state index contributed by atoms with van der Waals surface area (Å²) in [5, 5.41) is 15.0. The molecule has 2 heterocycles. The van der Waals surface area contributed by atoms with E-state index in [-0.39, 0.29) is 11.7 Å². The van der Waals surface area contributed by atoms with Crippen molar-refractivity contribution in [2.75, 3.05) is 0 Å². The van der Waals surface area contributed by atoms with Gasteiger partial charge in [-0.25, -0.2) is 0 Å². The molecule has 0 bridgehead atoms. The fourth-order valence-corrected chi connectivity index (χ4v) is 1.02. The van der Waals surface area contributed by atoms with E-state index in [1.165, 1.54) is 12.5 Å². The minimum absolute atomic E-state index is 0.232. The first kappa shape index (κ1) is 10.0. The Morgan fingerprint density at radius 1 is 1.25 bits per heavy atom. The summed E-state index contributed by atoms with van der Waals surface area (Å²) >= 11 is 0. The van der Waals surface area contributed by atoms with E-state index >= 15 is 0 Å². The fourth-order valence-electron chi connectivity index (χ4n) is 1.02.